The molecule has 0 atom stereocenters. The molecule has 0 amide bonds. The summed E-state index contributed by atoms with van der Waals surface area (Å²) in [4.78, 5) is 1.92. The van der Waals surface area contributed by atoms with Gasteiger partial charge < -0.3 is 0 Å². The highest BCUT2D eigenvalue weighted by molar-refractivity contribution is 7.89. The lowest BCUT2D eigenvalue weighted by molar-refractivity contribution is 0.577. The van der Waals surface area contributed by atoms with Gasteiger partial charge in [0.05, 0.1) is 16.7 Å². The van der Waals surface area contributed by atoms with Gasteiger partial charge in [0, 0.05) is 0 Å². The first-order chi connectivity index (χ1) is 9.90. The molecular formula is C14H12F2N2O2S. The number of nitrogens with zero attached hydrogens (tertiary/aromatic N) is 1. The van der Waals surface area contributed by atoms with Crippen LogP contribution in [0, 0.1) is 18.6 Å². The monoisotopic (exact) mass is 310 g/mol. The van der Waals surface area contributed by atoms with Crippen LogP contribution in [0.2, 0.25) is 0 Å². The number of benzene rings is 2. The van der Waals surface area contributed by atoms with Gasteiger partial charge in [0.2, 0.25) is 0 Å². The zero-order chi connectivity index (χ0) is 15.5. The van der Waals surface area contributed by atoms with Crippen molar-refractivity contribution in [3.63, 3.8) is 0 Å². The van der Waals surface area contributed by atoms with Gasteiger partial charge in [-0.15, -0.1) is 0 Å². The molecule has 0 aliphatic heterocycles. The van der Waals surface area contributed by atoms with E-state index in [0.29, 0.717) is 0 Å². The number of hydrogen-bond acceptors (Lipinski definition) is 3. The summed E-state index contributed by atoms with van der Waals surface area (Å²) >= 11 is 0. The zero-order valence-corrected chi connectivity index (χ0v) is 11.9. The Bertz CT molecular complexity index is 752. The molecule has 0 saturated heterocycles. The van der Waals surface area contributed by atoms with Crippen molar-refractivity contribution >= 4 is 16.2 Å². The molecule has 0 aliphatic carbocycles. The molecule has 21 heavy (non-hydrogen) atoms. The smallest absolute Gasteiger partial charge is 0.206 e. The van der Waals surface area contributed by atoms with Gasteiger partial charge in [-0.2, -0.15) is 13.5 Å². The lowest BCUT2D eigenvalue weighted by Crippen LogP contribution is -2.18. The quantitative estimate of drug-likeness (QED) is 0.697. The van der Waals surface area contributed by atoms with Gasteiger partial charge >= 0.3 is 0 Å². The van der Waals surface area contributed by atoms with E-state index >= 15 is 0 Å². The summed E-state index contributed by atoms with van der Waals surface area (Å²) < 4.78 is 50.4. The summed E-state index contributed by atoms with van der Waals surface area (Å²) in [6.45, 7) is 1.82. The molecule has 0 saturated carbocycles. The minimum absolute atomic E-state index is 0.0132. The third-order valence-corrected chi connectivity index (χ3v) is 3.94. The van der Waals surface area contributed by atoms with Crippen LogP contribution in [0.1, 0.15) is 11.1 Å². The van der Waals surface area contributed by atoms with Gasteiger partial charge in [0.25, 0.3) is 10.0 Å². The summed E-state index contributed by atoms with van der Waals surface area (Å²) in [6.07, 6.45) is 0.788. The second kappa shape index (κ2) is 6.01. The van der Waals surface area contributed by atoms with Gasteiger partial charge in [-0.05, 0) is 31.2 Å². The first-order valence-corrected chi connectivity index (χ1v) is 7.44. The number of aryl methyl sites for hydroxylation is 1. The predicted octanol–water partition coefficient (Wildman–Crippen LogP) is 2.59. The van der Waals surface area contributed by atoms with E-state index in [9.17, 15) is 17.2 Å². The molecule has 0 radical (unpaired) electrons. The molecule has 0 fully saturated rings. The van der Waals surface area contributed by atoms with E-state index in [1.807, 2.05) is 11.8 Å². The maximum Gasteiger partial charge on any atom is 0.276 e. The van der Waals surface area contributed by atoms with Crippen molar-refractivity contribution < 1.29 is 17.2 Å². The molecule has 0 unspecified atom stereocenters. The van der Waals surface area contributed by atoms with Crippen LogP contribution in [0.5, 0.6) is 0 Å². The largest absolute Gasteiger partial charge is 0.276 e. The Hall–Kier alpha value is -2.28. The Kier molecular flexibility index (Phi) is 4.32. The Labute approximate surface area is 121 Å². The van der Waals surface area contributed by atoms with E-state index in [1.54, 1.807) is 12.1 Å². The number of rotatable bonds is 4. The minimum atomic E-state index is -3.87. The molecule has 0 aliphatic rings. The average Bonchev–Trinajstić information content (AvgIpc) is 2.42. The molecule has 2 aromatic carbocycles. The van der Waals surface area contributed by atoms with Crippen molar-refractivity contribution in [1.29, 1.82) is 0 Å². The molecule has 2 rings (SSSR count). The van der Waals surface area contributed by atoms with Gasteiger partial charge in [-0.1, -0.05) is 23.8 Å². The maximum atomic E-state index is 13.3. The topological polar surface area (TPSA) is 58.5 Å². The van der Waals surface area contributed by atoms with Gasteiger partial charge in [-0.3, -0.25) is 0 Å². The first kappa shape index (κ1) is 15.1. The second-order valence-corrected chi connectivity index (χ2v) is 5.96. The molecule has 1 N–H and O–H groups in total. The van der Waals surface area contributed by atoms with E-state index in [2.05, 4.69) is 5.10 Å². The highest BCUT2D eigenvalue weighted by Crippen LogP contribution is 2.11. The fraction of sp³-hybridized carbons (Fsp3) is 0.0714. The standard InChI is InChI=1S/C14H12F2N2O2S/c1-10-5-7-11(8-6-10)21(19,20)18-17-9-12-13(15)3-2-4-14(12)16/h2-9,18H,1H3. The number of hydrogen-bond donors (Lipinski definition) is 1. The molecule has 0 bridgehead atoms. The lowest BCUT2D eigenvalue weighted by Gasteiger charge is -2.04. The van der Waals surface area contributed by atoms with Crippen molar-refractivity contribution in [2.75, 3.05) is 0 Å². The third-order valence-electron chi connectivity index (χ3n) is 2.70. The van der Waals surface area contributed by atoms with Crippen molar-refractivity contribution in [1.82, 2.24) is 4.83 Å². The number of sulfonamides is 1. The number of hydrazone groups is 1. The maximum absolute atomic E-state index is 13.3. The Morgan fingerprint density at radius 1 is 1.05 bits per heavy atom. The number of nitrogens with one attached hydrogen (secondary N) is 1. The SMILES string of the molecule is Cc1ccc(S(=O)(=O)NN=Cc2c(F)cccc2F)cc1. The molecule has 7 heteroatoms. The highest BCUT2D eigenvalue weighted by atomic mass is 32.2. The van der Waals surface area contributed by atoms with Gasteiger partial charge in [-0.25, -0.2) is 13.6 Å². The third kappa shape index (κ3) is 3.63. The van der Waals surface area contributed by atoms with Crippen molar-refractivity contribution in [2.45, 2.75) is 11.8 Å². The van der Waals surface area contributed by atoms with E-state index in [4.69, 9.17) is 0 Å². The summed E-state index contributed by atoms with van der Waals surface area (Å²) in [6, 6.07) is 9.41. The molecule has 2 aromatic rings. The molecule has 0 aromatic heterocycles. The van der Waals surface area contributed by atoms with Gasteiger partial charge in [0.1, 0.15) is 11.6 Å². The molecule has 110 valence electrons. The van der Waals surface area contributed by atoms with Crippen molar-refractivity contribution in [3.8, 4) is 0 Å². The summed E-state index contributed by atoms with van der Waals surface area (Å²) in [5.41, 5.74) is 0.495. The average molecular weight is 310 g/mol. The molecule has 0 heterocycles. The van der Waals surface area contributed by atoms with Crippen molar-refractivity contribution in [2.24, 2.45) is 5.10 Å². The van der Waals surface area contributed by atoms with E-state index in [-0.39, 0.29) is 4.90 Å². The lowest BCUT2D eigenvalue weighted by atomic mass is 10.2. The van der Waals surface area contributed by atoms with E-state index < -0.39 is 27.2 Å². The zero-order valence-electron chi connectivity index (χ0n) is 11.0. The van der Waals surface area contributed by atoms with Gasteiger partial charge in [0.15, 0.2) is 0 Å². The summed E-state index contributed by atoms with van der Waals surface area (Å²) in [7, 11) is -3.87. The number of halogens is 2. The first-order valence-electron chi connectivity index (χ1n) is 5.96. The van der Waals surface area contributed by atoms with Crippen molar-refractivity contribution in [3.05, 3.63) is 65.2 Å². The van der Waals surface area contributed by atoms with E-state index in [0.717, 1.165) is 23.9 Å². The second-order valence-electron chi connectivity index (χ2n) is 4.30. The van der Waals surface area contributed by atoms with Crippen LogP contribution in [-0.4, -0.2) is 14.6 Å². The predicted molar refractivity (Wildman–Crippen MR) is 75.5 cm³/mol. The minimum Gasteiger partial charge on any atom is -0.206 e. The fourth-order valence-corrected chi connectivity index (χ4v) is 2.36. The molecule has 0 spiro atoms. The molecule has 4 nitrogen and oxygen atoms in total. The van der Waals surface area contributed by atoms with E-state index in [1.165, 1.54) is 18.2 Å². The van der Waals surface area contributed by atoms with Crippen LogP contribution >= 0.6 is 0 Å². The normalized spacial score (nSPS) is 11.8. The Morgan fingerprint density at radius 3 is 2.19 bits per heavy atom. The Morgan fingerprint density at radius 2 is 1.62 bits per heavy atom. The van der Waals surface area contributed by atoms with Crippen LogP contribution < -0.4 is 4.83 Å². The fourth-order valence-electron chi connectivity index (χ4n) is 1.56. The van der Waals surface area contributed by atoms with Crippen LogP contribution in [-0.2, 0) is 10.0 Å². The summed E-state index contributed by atoms with van der Waals surface area (Å²) in [5, 5.41) is 3.39. The summed E-state index contributed by atoms with van der Waals surface area (Å²) in [5.74, 6) is -1.65. The molecular weight excluding hydrogens is 298 g/mol. The Balaban J connectivity index is 2.19. The van der Waals surface area contributed by atoms with Crippen LogP contribution in [0.3, 0.4) is 0 Å². The van der Waals surface area contributed by atoms with Crippen LogP contribution in [0.4, 0.5) is 8.78 Å². The van der Waals surface area contributed by atoms with Crippen LogP contribution in [0.15, 0.2) is 52.5 Å². The van der Waals surface area contributed by atoms with Crippen LogP contribution in [0.25, 0.3) is 0 Å². The highest BCUT2D eigenvalue weighted by Gasteiger charge is 2.12.